The fourth-order valence-electron chi connectivity index (χ4n) is 1.48. The smallest absolute Gasteiger partial charge is 0.248 e. The Hall–Kier alpha value is -2.63. The summed E-state index contributed by atoms with van der Waals surface area (Å²) in [5, 5.41) is 0. The summed E-state index contributed by atoms with van der Waals surface area (Å²) in [6.45, 7) is 0. The quantitative estimate of drug-likeness (QED) is 0.836. The summed E-state index contributed by atoms with van der Waals surface area (Å²) in [7, 11) is 0. The molecule has 0 bridgehead atoms. The summed E-state index contributed by atoms with van der Waals surface area (Å²) in [5.74, 6) is -2.79. The number of nitrogens with two attached hydrogens (primary N) is 2. The molecule has 6 heteroatoms. The number of benzene rings is 2. The molecular weight excluding hydrogens is 254 g/mol. The van der Waals surface area contributed by atoms with Gasteiger partial charge in [0.05, 0.1) is 0 Å². The number of anilines is 1. The van der Waals surface area contributed by atoms with Gasteiger partial charge in [0, 0.05) is 23.4 Å². The highest BCUT2D eigenvalue weighted by Gasteiger charge is 2.13. The number of ether oxygens (including phenoxy) is 1. The Balaban J connectivity index is 2.29. The predicted molar refractivity (Wildman–Crippen MR) is 65.8 cm³/mol. The van der Waals surface area contributed by atoms with Gasteiger partial charge in [-0.1, -0.05) is 0 Å². The monoisotopic (exact) mass is 264 g/mol. The molecule has 4 N–H and O–H groups in total. The molecule has 0 aliphatic rings. The van der Waals surface area contributed by atoms with Crippen LogP contribution in [-0.4, -0.2) is 5.91 Å². The van der Waals surface area contributed by atoms with Crippen LogP contribution in [0, 0.1) is 11.6 Å². The van der Waals surface area contributed by atoms with Gasteiger partial charge in [0.25, 0.3) is 0 Å². The van der Waals surface area contributed by atoms with E-state index < -0.39 is 23.3 Å². The van der Waals surface area contributed by atoms with Crippen LogP contribution in [0.25, 0.3) is 0 Å². The molecule has 98 valence electrons. The lowest BCUT2D eigenvalue weighted by Crippen LogP contribution is -2.10. The van der Waals surface area contributed by atoms with E-state index in [-0.39, 0.29) is 17.0 Å². The van der Waals surface area contributed by atoms with Gasteiger partial charge in [-0.05, 0) is 24.3 Å². The van der Waals surface area contributed by atoms with Gasteiger partial charge in [0.15, 0.2) is 17.4 Å². The Morgan fingerprint density at radius 3 is 2.05 bits per heavy atom. The topological polar surface area (TPSA) is 78.3 Å². The molecule has 0 atom stereocenters. The van der Waals surface area contributed by atoms with Gasteiger partial charge in [-0.25, -0.2) is 8.78 Å². The van der Waals surface area contributed by atoms with E-state index in [2.05, 4.69) is 0 Å². The molecule has 0 heterocycles. The Morgan fingerprint density at radius 1 is 1.05 bits per heavy atom. The predicted octanol–water partition coefficient (Wildman–Crippen LogP) is 2.44. The number of hydrogen-bond donors (Lipinski definition) is 2. The van der Waals surface area contributed by atoms with Gasteiger partial charge >= 0.3 is 0 Å². The number of nitrogen functional groups attached to an aromatic ring is 1. The van der Waals surface area contributed by atoms with Crippen molar-refractivity contribution in [2.75, 3.05) is 5.73 Å². The Labute approximate surface area is 107 Å². The van der Waals surface area contributed by atoms with Gasteiger partial charge in [0.1, 0.15) is 5.75 Å². The standard InChI is InChI=1S/C13H10F2N2O2/c14-10-5-8(16)6-11(15)12(10)19-9-3-1-7(2-4-9)13(17)18/h1-6H,16H2,(H2,17,18). The number of rotatable bonds is 3. The van der Waals surface area contributed by atoms with Gasteiger partial charge in [-0.15, -0.1) is 0 Å². The number of amides is 1. The number of carbonyl (C=O) groups is 1. The van der Waals surface area contributed by atoms with Crippen molar-refractivity contribution in [1.82, 2.24) is 0 Å². The second-order valence-electron chi connectivity index (χ2n) is 3.80. The summed E-state index contributed by atoms with van der Waals surface area (Å²) in [6, 6.07) is 7.46. The largest absolute Gasteiger partial charge is 0.451 e. The number of hydrogen-bond acceptors (Lipinski definition) is 3. The lowest BCUT2D eigenvalue weighted by Gasteiger charge is -2.08. The summed E-state index contributed by atoms with van der Waals surface area (Å²) >= 11 is 0. The second-order valence-corrected chi connectivity index (χ2v) is 3.80. The van der Waals surface area contributed by atoms with Crippen molar-refractivity contribution < 1.29 is 18.3 Å². The minimum Gasteiger partial charge on any atom is -0.451 e. The molecule has 4 nitrogen and oxygen atoms in total. The maximum Gasteiger partial charge on any atom is 0.248 e. The molecule has 0 aromatic heterocycles. The summed E-state index contributed by atoms with van der Waals surface area (Å²) in [6.07, 6.45) is 0. The minimum absolute atomic E-state index is 0.0357. The van der Waals surface area contributed by atoms with Crippen LogP contribution in [0.5, 0.6) is 11.5 Å². The lowest BCUT2D eigenvalue weighted by atomic mass is 10.2. The Kier molecular flexibility index (Phi) is 3.33. The van der Waals surface area contributed by atoms with Crippen LogP contribution in [-0.2, 0) is 0 Å². The van der Waals surface area contributed by atoms with E-state index in [4.69, 9.17) is 16.2 Å². The van der Waals surface area contributed by atoms with E-state index >= 15 is 0 Å². The van der Waals surface area contributed by atoms with Crippen LogP contribution < -0.4 is 16.2 Å². The fraction of sp³-hybridized carbons (Fsp3) is 0. The van der Waals surface area contributed by atoms with Crippen molar-refractivity contribution in [2.24, 2.45) is 5.73 Å². The third-order valence-electron chi connectivity index (χ3n) is 2.38. The van der Waals surface area contributed by atoms with Gasteiger partial charge in [-0.3, -0.25) is 4.79 Å². The van der Waals surface area contributed by atoms with E-state index in [1.807, 2.05) is 0 Å². The third-order valence-corrected chi connectivity index (χ3v) is 2.38. The zero-order chi connectivity index (χ0) is 14.0. The maximum atomic E-state index is 13.5. The molecule has 0 saturated carbocycles. The summed E-state index contributed by atoms with van der Waals surface area (Å²) in [5.41, 5.74) is 10.6. The highest BCUT2D eigenvalue weighted by atomic mass is 19.1. The van der Waals surface area contributed by atoms with Crippen molar-refractivity contribution >= 4 is 11.6 Å². The van der Waals surface area contributed by atoms with Crippen LogP contribution in [0.2, 0.25) is 0 Å². The SMILES string of the molecule is NC(=O)c1ccc(Oc2c(F)cc(N)cc2F)cc1. The normalized spacial score (nSPS) is 10.2. The average molecular weight is 264 g/mol. The molecule has 0 fully saturated rings. The van der Waals surface area contributed by atoms with E-state index in [1.165, 1.54) is 24.3 Å². The van der Waals surface area contributed by atoms with Gasteiger partial charge in [-0.2, -0.15) is 0 Å². The second kappa shape index (κ2) is 4.93. The molecule has 0 radical (unpaired) electrons. The molecule has 2 aromatic carbocycles. The van der Waals surface area contributed by atoms with Crippen molar-refractivity contribution in [3.05, 3.63) is 53.6 Å². The Bertz CT molecular complexity index is 604. The molecule has 2 aromatic rings. The minimum atomic E-state index is -0.906. The first kappa shape index (κ1) is 12.8. The molecule has 0 aliphatic heterocycles. The molecule has 1 amide bonds. The molecule has 0 spiro atoms. The van der Waals surface area contributed by atoms with Gasteiger partial charge < -0.3 is 16.2 Å². The number of halogens is 2. The van der Waals surface area contributed by atoms with Crippen LogP contribution in [0.1, 0.15) is 10.4 Å². The van der Waals surface area contributed by atoms with Crippen LogP contribution in [0.3, 0.4) is 0 Å². The highest BCUT2D eigenvalue weighted by Crippen LogP contribution is 2.29. The van der Waals surface area contributed by atoms with Crippen molar-refractivity contribution in [1.29, 1.82) is 0 Å². The maximum absolute atomic E-state index is 13.5. The van der Waals surface area contributed by atoms with E-state index in [9.17, 15) is 13.6 Å². The number of primary amides is 1. The lowest BCUT2D eigenvalue weighted by molar-refractivity contribution is 0.100. The first-order valence-electron chi connectivity index (χ1n) is 5.29. The first-order chi connectivity index (χ1) is 8.97. The van der Waals surface area contributed by atoms with E-state index in [1.54, 1.807) is 0 Å². The van der Waals surface area contributed by atoms with E-state index in [0.29, 0.717) is 0 Å². The van der Waals surface area contributed by atoms with Gasteiger partial charge in [0.2, 0.25) is 5.91 Å². The van der Waals surface area contributed by atoms with Crippen LogP contribution >= 0.6 is 0 Å². The van der Waals surface area contributed by atoms with Crippen molar-refractivity contribution in [3.63, 3.8) is 0 Å². The van der Waals surface area contributed by atoms with E-state index in [0.717, 1.165) is 12.1 Å². The van der Waals surface area contributed by atoms with Crippen molar-refractivity contribution in [2.45, 2.75) is 0 Å². The molecule has 0 unspecified atom stereocenters. The third kappa shape index (κ3) is 2.79. The zero-order valence-corrected chi connectivity index (χ0v) is 9.69. The summed E-state index contributed by atoms with van der Waals surface area (Å²) < 4.78 is 32.0. The number of carbonyl (C=O) groups excluding carboxylic acids is 1. The van der Waals surface area contributed by atoms with Crippen molar-refractivity contribution in [3.8, 4) is 11.5 Å². The molecule has 2 rings (SSSR count). The molecular formula is C13H10F2N2O2. The molecule has 0 saturated heterocycles. The first-order valence-corrected chi connectivity index (χ1v) is 5.29. The Morgan fingerprint density at radius 2 is 1.58 bits per heavy atom. The average Bonchev–Trinajstić information content (AvgIpc) is 2.34. The zero-order valence-electron chi connectivity index (χ0n) is 9.69. The summed E-state index contributed by atoms with van der Waals surface area (Å²) in [4.78, 5) is 10.9. The fourth-order valence-corrected chi connectivity index (χ4v) is 1.48. The van der Waals surface area contributed by atoms with Crippen LogP contribution in [0.15, 0.2) is 36.4 Å². The highest BCUT2D eigenvalue weighted by molar-refractivity contribution is 5.92. The molecule has 19 heavy (non-hydrogen) atoms. The molecule has 0 aliphatic carbocycles. The van der Waals surface area contributed by atoms with Crippen LogP contribution in [0.4, 0.5) is 14.5 Å².